The zero-order valence-corrected chi connectivity index (χ0v) is 12.1. The number of likely N-dealkylation sites (N-methyl/N-ethyl adjacent to an activating group) is 1. The first-order chi connectivity index (χ1) is 7.77. The number of nitrogens with zero attached hydrogens (tertiary/aromatic N) is 1. The third kappa shape index (κ3) is 4.56. The first kappa shape index (κ1) is 14.9. The third-order valence-corrected chi connectivity index (χ3v) is 5.04. The second-order valence-electron chi connectivity index (χ2n) is 5.75. The minimum absolute atomic E-state index is 0.0597. The van der Waals surface area contributed by atoms with Crippen LogP contribution in [-0.2, 0) is 9.84 Å². The Morgan fingerprint density at radius 1 is 1.41 bits per heavy atom. The zero-order valence-electron chi connectivity index (χ0n) is 11.3. The smallest absolute Gasteiger partial charge is 0.148 e. The van der Waals surface area contributed by atoms with Crippen LogP contribution in [-0.4, -0.2) is 51.0 Å². The standard InChI is InChI=1S/C12H26N2O2S/c1-12(10-13,9-11-5-4-6-11)14(2)7-8-17(3,15)16/h11H,4-10,13H2,1-3H3. The molecule has 5 heteroatoms. The van der Waals surface area contributed by atoms with E-state index in [1.807, 2.05) is 7.05 Å². The van der Waals surface area contributed by atoms with Crippen LogP contribution in [0.2, 0.25) is 0 Å². The molecule has 2 N–H and O–H groups in total. The molecule has 0 aromatic rings. The van der Waals surface area contributed by atoms with Crippen molar-refractivity contribution < 1.29 is 8.42 Å². The SMILES string of the molecule is CN(CCS(C)(=O)=O)C(C)(CN)CC1CCC1. The predicted molar refractivity (Wildman–Crippen MR) is 71.8 cm³/mol. The van der Waals surface area contributed by atoms with Gasteiger partial charge in [0.25, 0.3) is 0 Å². The van der Waals surface area contributed by atoms with Crippen molar-refractivity contribution in [1.29, 1.82) is 0 Å². The van der Waals surface area contributed by atoms with Gasteiger partial charge in [0.2, 0.25) is 0 Å². The maximum atomic E-state index is 11.2. The van der Waals surface area contributed by atoms with Gasteiger partial charge in [0.15, 0.2) is 0 Å². The summed E-state index contributed by atoms with van der Waals surface area (Å²) in [7, 11) is -0.907. The van der Waals surface area contributed by atoms with Crippen LogP contribution in [0.25, 0.3) is 0 Å². The average molecular weight is 262 g/mol. The molecule has 1 fully saturated rings. The van der Waals surface area contributed by atoms with E-state index < -0.39 is 9.84 Å². The first-order valence-corrected chi connectivity index (χ1v) is 8.42. The molecule has 0 saturated heterocycles. The van der Waals surface area contributed by atoms with Crippen LogP contribution in [0.5, 0.6) is 0 Å². The van der Waals surface area contributed by atoms with E-state index in [4.69, 9.17) is 5.73 Å². The number of hydrogen-bond acceptors (Lipinski definition) is 4. The maximum absolute atomic E-state index is 11.2. The summed E-state index contributed by atoms with van der Waals surface area (Å²) in [6, 6.07) is 0. The van der Waals surface area contributed by atoms with E-state index in [1.165, 1.54) is 25.5 Å². The van der Waals surface area contributed by atoms with Gasteiger partial charge in [-0.2, -0.15) is 0 Å². The van der Waals surface area contributed by atoms with E-state index in [9.17, 15) is 8.42 Å². The molecule has 4 nitrogen and oxygen atoms in total. The number of rotatable bonds is 7. The Kier molecular flexibility index (Phi) is 4.98. The number of hydrogen-bond donors (Lipinski definition) is 1. The van der Waals surface area contributed by atoms with Crippen LogP contribution < -0.4 is 5.73 Å². The topological polar surface area (TPSA) is 63.4 Å². The molecule has 0 bridgehead atoms. The molecule has 0 amide bonds. The summed E-state index contributed by atoms with van der Waals surface area (Å²) >= 11 is 0. The molecular weight excluding hydrogens is 236 g/mol. The molecule has 0 radical (unpaired) electrons. The van der Waals surface area contributed by atoms with Crippen LogP contribution in [0.3, 0.4) is 0 Å². The molecular formula is C12H26N2O2S. The predicted octanol–water partition coefficient (Wildman–Crippen LogP) is 0.870. The van der Waals surface area contributed by atoms with Crippen LogP contribution in [0, 0.1) is 5.92 Å². The molecule has 1 atom stereocenters. The summed E-state index contributed by atoms with van der Waals surface area (Å²) in [4.78, 5) is 2.12. The molecule has 1 aliphatic rings. The van der Waals surface area contributed by atoms with Crippen molar-refractivity contribution in [2.75, 3.05) is 32.1 Å². The van der Waals surface area contributed by atoms with Gasteiger partial charge >= 0.3 is 0 Å². The van der Waals surface area contributed by atoms with E-state index in [0.29, 0.717) is 13.1 Å². The van der Waals surface area contributed by atoms with Crippen molar-refractivity contribution in [3.63, 3.8) is 0 Å². The molecule has 1 unspecified atom stereocenters. The minimum atomic E-state index is -2.89. The van der Waals surface area contributed by atoms with Gasteiger partial charge in [0.1, 0.15) is 9.84 Å². The Hall–Kier alpha value is -0.130. The summed E-state index contributed by atoms with van der Waals surface area (Å²) < 4.78 is 22.4. The minimum Gasteiger partial charge on any atom is -0.329 e. The molecule has 0 aliphatic heterocycles. The van der Waals surface area contributed by atoms with Gasteiger partial charge in [-0.25, -0.2) is 8.42 Å². The average Bonchev–Trinajstić information content (AvgIpc) is 2.18. The maximum Gasteiger partial charge on any atom is 0.148 e. The van der Waals surface area contributed by atoms with E-state index in [1.54, 1.807) is 0 Å². The Bertz CT molecular complexity index is 338. The largest absolute Gasteiger partial charge is 0.329 e. The fourth-order valence-corrected chi connectivity index (χ4v) is 2.89. The summed E-state index contributed by atoms with van der Waals surface area (Å²) in [6.45, 7) is 3.30. The van der Waals surface area contributed by atoms with Crippen molar-refractivity contribution in [3.05, 3.63) is 0 Å². The van der Waals surface area contributed by atoms with Crippen LogP contribution in [0.15, 0.2) is 0 Å². The van der Waals surface area contributed by atoms with Gasteiger partial charge in [-0.3, -0.25) is 4.90 Å². The van der Waals surface area contributed by atoms with Gasteiger partial charge in [0.05, 0.1) is 5.75 Å². The molecule has 0 aromatic carbocycles. The monoisotopic (exact) mass is 262 g/mol. The lowest BCUT2D eigenvalue weighted by Crippen LogP contribution is -2.52. The molecule has 1 saturated carbocycles. The first-order valence-electron chi connectivity index (χ1n) is 6.36. The van der Waals surface area contributed by atoms with E-state index in [-0.39, 0.29) is 11.3 Å². The van der Waals surface area contributed by atoms with Crippen molar-refractivity contribution in [3.8, 4) is 0 Å². The normalized spacial score (nSPS) is 21.2. The summed E-state index contributed by atoms with van der Waals surface area (Å²) in [5.74, 6) is 0.994. The van der Waals surface area contributed by atoms with Crippen molar-refractivity contribution >= 4 is 9.84 Å². The fourth-order valence-electron chi connectivity index (χ4n) is 2.29. The highest BCUT2D eigenvalue weighted by Crippen LogP contribution is 2.35. The summed E-state index contributed by atoms with van der Waals surface area (Å²) in [5, 5.41) is 0. The van der Waals surface area contributed by atoms with Gasteiger partial charge in [-0.15, -0.1) is 0 Å². The van der Waals surface area contributed by atoms with E-state index >= 15 is 0 Å². The van der Waals surface area contributed by atoms with Gasteiger partial charge in [-0.1, -0.05) is 19.3 Å². The van der Waals surface area contributed by atoms with Crippen molar-refractivity contribution in [1.82, 2.24) is 4.90 Å². The van der Waals surface area contributed by atoms with E-state index in [0.717, 1.165) is 12.3 Å². The fraction of sp³-hybridized carbons (Fsp3) is 1.00. The van der Waals surface area contributed by atoms with Gasteiger partial charge < -0.3 is 5.73 Å². The number of nitrogens with two attached hydrogens (primary N) is 1. The van der Waals surface area contributed by atoms with Crippen LogP contribution in [0.1, 0.15) is 32.6 Å². The molecule has 0 spiro atoms. The lowest BCUT2D eigenvalue weighted by atomic mass is 9.76. The molecule has 1 aliphatic carbocycles. The van der Waals surface area contributed by atoms with Gasteiger partial charge in [0, 0.05) is 24.9 Å². The molecule has 0 aromatic heterocycles. The molecule has 102 valence electrons. The highest BCUT2D eigenvalue weighted by molar-refractivity contribution is 7.90. The van der Waals surface area contributed by atoms with Gasteiger partial charge in [-0.05, 0) is 26.3 Å². The lowest BCUT2D eigenvalue weighted by molar-refractivity contribution is 0.0975. The second-order valence-corrected chi connectivity index (χ2v) is 8.01. The number of sulfone groups is 1. The Balaban J connectivity index is 2.51. The molecule has 17 heavy (non-hydrogen) atoms. The quantitative estimate of drug-likeness (QED) is 0.739. The highest BCUT2D eigenvalue weighted by atomic mass is 32.2. The Morgan fingerprint density at radius 2 is 2.00 bits per heavy atom. The Labute approximate surface area is 105 Å². The summed E-state index contributed by atoms with van der Waals surface area (Å²) in [5.41, 5.74) is 5.82. The zero-order chi connectivity index (χ0) is 13.1. The van der Waals surface area contributed by atoms with Crippen molar-refractivity contribution in [2.45, 2.75) is 38.1 Å². The van der Waals surface area contributed by atoms with Crippen LogP contribution in [0.4, 0.5) is 0 Å². The third-order valence-electron chi connectivity index (χ3n) is 4.11. The lowest BCUT2D eigenvalue weighted by Gasteiger charge is -2.42. The summed E-state index contributed by atoms with van der Waals surface area (Å²) in [6.07, 6.45) is 6.31. The molecule has 1 rings (SSSR count). The Morgan fingerprint density at radius 3 is 2.35 bits per heavy atom. The highest BCUT2D eigenvalue weighted by Gasteiger charge is 2.33. The van der Waals surface area contributed by atoms with E-state index in [2.05, 4.69) is 11.8 Å². The second kappa shape index (κ2) is 5.67. The van der Waals surface area contributed by atoms with Crippen LogP contribution >= 0.6 is 0 Å². The molecule has 0 heterocycles. The van der Waals surface area contributed by atoms with Crippen molar-refractivity contribution in [2.24, 2.45) is 11.7 Å².